The van der Waals surface area contributed by atoms with Gasteiger partial charge in [-0.2, -0.15) is 8.78 Å². The Balaban J connectivity index is 1.94. The average Bonchev–Trinajstić information content (AvgIpc) is 2.42. The summed E-state index contributed by atoms with van der Waals surface area (Å²) in [6.45, 7) is 2.70. The molecular formula is C15H20F2O2. The Morgan fingerprint density at radius 2 is 1.63 bits per heavy atom. The first kappa shape index (κ1) is 14.1. The molecule has 2 nitrogen and oxygen atoms in total. The van der Waals surface area contributed by atoms with Crippen molar-refractivity contribution in [2.24, 2.45) is 11.8 Å². The van der Waals surface area contributed by atoms with Gasteiger partial charge in [-0.1, -0.05) is 19.8 Å². The Labute approximate surface area is 112 Å². The highest BCUT2D eigenvalue weighted by Gasteiger charge is 2.20. The molecule has 106 valence electrons. The molecule has 1 fully saturated rings. The summed E-state index contributed by atoms with van der Waals surface area (Å²) in [5.41, 5.74) is 0. The first-order valence-electron chi connectivity index (χ1n) is 6.76. The van der Waals surface area contributed by atoms with Gasteiger partial charge in [0.1, 0.15) is 0 Å². The minimum Gasteiger partial charge on any atom is -0.494 e. The van der Waals surface area contributed by atoms with Crippen LogP contribution in [0.1, 0.15) is 32.6 Å². The standard InChI is InChI=1S/C15H20F2O2/c1-10-3-5-11(6-4-10)9-19-13-8-7-12(18-2)14(16)15(13)17/h7-8,10-11H,3-6,9H2,1-2H3. The van der Waals surface area contributed by atoms with Gasteiger partial charge in [-0.25, -0.2) is 0 Å². The van der Waals surface area contributed by atoms with Gasteiger partial charge < -0.3 is 9.47 Å². The molecule has 1 aromatic rings. The van der Waals surface area contributed by atoms with Crippen molar-refractivity contribution in [1.29, 1.82) is 0 Å². The van der Waals surface area contributed by atoms with Gasteiger partial charge in [-0.15, -0.1) is 0 Å². The van der Waals surface area contributed by atoms with Crippen LogP contribution in [-0.4, -0.2) is 13.7 Å². The van der Waals surface area contributed by atoms with E-state index in [4.69, 9.17) is 9.47 Å². The number of hydrogen-bond acceptors (Lipinski definition) is 2. The van der Waals surface area contributed by atoms with Crippen molar-refractivity contribution in [2.75, 3.05) is 13.7 Å². The second kappa shape index (κ2) is 6.22. The molecule has 4 heteroatoms. The van der Waals surface area contributed by atoms with Crippen LogP contribution in [0.4, 0.5) is 8.78 Å². The quantitative estimate of drug-likeness (QED) is 0.817. The number of hydrogen-bond donors (Lipinski definition) is 0. The molecule has 1 aliphatic rings. The number of halogens is 2. The third-order valence-electron chi connectivity index (χ3n) is 3.84. The van der Waals surface area contributed by atoms with Gasteiger partial charge in [-0.05, 0) is 36.8 Å². The van der Waals surface area contributed by atoms with Crippen molar-refractivity contribution >= 4 is 0 Å². The van der Waals surface area contributed by atoms with Crippen LogP contribution in [0.3, 0.4) is 0 Å². The van der Waals surface area contributed by atoms with E-state index < -0.39 is 11.6 Å². The molecule has 1 aromatic carbocycles. The summed E-state index contributed by atoms with van der Waals surface area (Å²) >= 11 is 0. The van der Waals surface area contributed by atoms with E-state index in [2.05, 4.69) is 6.92 Å². The molecular weight excluding hydrogens is 250 g/mol. The SMILES string of the molecule is COc1ccc(OCC2CCC(C)CC2)c(F)c1F. The van der Waals surface area contributed by atoms with E-state index >= 15 is 0 Å². The predicted molar refractivity (Wildman–Crippen MR) is 69.5 cm³/mol. The normalized spacial score (nSPS) is 23.2. The lowest BCUT2D eigenvalue weighted by Gasteiger charge is -2.26. The van der Waals surface area contributed by atoms with Crippen LogP contribution in [0.5, 0.6) is 11.5 Å². The Hall–Kier alpha value is -1.32. The van der Waals surface area contributed by atoms with Gasteiger partial charge in [0, 0.05) is 0 Å². The average molecular weight is 270 g/mol. The molecule has 0 heterocycles. The van der Waals surface area contributed by atoms with E-state index in [-0.39, 0.29) is 11.5 Å². The maximum absolute atomic E-state index is 13.7. The third kappa shape index (κ3) is 3.37. The van der Waals surface area contributed by atoms with Crippen LogP contribution >= 0.6 is 0 Å². The fraction of sp³-hybridized carbons (Fsp3) is 0.600. The minimum absolute atomic E-state index is 0.0306. The van der Waals surface area contributed by atoms with E-state index in [9.17, 15) is 8.78 Å². The highest BCUT2D eigenvalue weighted by molar-refractivity contribution is 5.34. The lowest BCUT2D eigenvalue weighted by molar-refractivity contribution is 0.181. The maximum atomic E-state index is 13.7. The van der Waals surface area contributed by atoms with Crippen molar-refractivity contribution in [3.8, 4) is 11.5 Å². The van der Waals surface area contributed by atoms with Crippen molar-refractivity contribution in [1.82, 2.24) is 0 Å². The topological polar surface area (TPSA) is 18.5 Å². The highest BCUT2D eigenvalue weighted by atomic mass is 19.2. The summed E-state index contributed by atoms with van der Waals surface area (Å²) in [7, 11) is 1.31. The molecule has 0 N–H and O–H groups in total. The van der Waals surface area contributed by atoms with Gasteiger partial charge in [0.2, 0.25) is 11.6 Å². The Morgan fingerprint density at radius 3 is 2.26 bits per heavy atom. The Morgan fingerprint density at radius 1 is 1.05 bits per heavy atom. The zero-order valence-electron chi connectivity index (χ0n) is 11.4. The number of methoxy groups -OCH3 is 1. The van der Waals surface area contributed by atoms with E-state index in [1.165, 1.54) is 32.1 Å². The van der Waals surface area contributed by atoms with Crippen LogP contribution in [-0.2, 0) is 0 Å². The number of benzene rings is 1. The van der Waals surface area contributed by atoms with Gasteiger partial charge in [0.25, 0.3) is 0 Å². The van der Waals surface area contributed by atoms with Crippen LogP contribution in [0.2, 0.25) is 0 Å². The monoisotopic (exact) mass is 270 g/mol. The predicted octanol–water partition coefficient (Wildman–Crippen LogP) is 4.18. The minimum atomic E-state index is -0.989. The molecule has 0 aliphatic heterocycles. The summed E-state index contributed by atoms with van der Waals surface area (Å²) in [5.74, 6) is -0.874. The molecule has 19 heavy (non-hydrogen) atoms. The van der Waals surface area contributed by atoms with Crippen LogP contribution in [0.25, 0.3) is 0 Å². The second-order valence-corrected chi connectivity index (χ2v) is 5.33. The van der Waals surface area contributed by atoms with Crippen molar-refractivity contribution in [3.63, 3.8) is 0 Å². The zero-order chi connectivity index (χ0) is 13.8. The summed E-state index contributed by atoms with van der Waals surface area (Å²) in [6.07, 6.45) is 4.57. The molecule has 1 saturated carbocycles. The molecule has 0 unspecified atom stereocenters. The van der Waals surface area contributed by atoms with Gasteiger partial charge in [-0.3, -0.25) is 0 Å². The lowest BCUT2D eigenvalue weighted by Crippen LogP contribution is -2.19. The van der Waals surface area contributed by atoms with Crippen molar-refractivity contribution in [3.05, 3.63) is 23.8 Å². The second-order valence-electron chi connectivity index (χ2n) is 5.33. The van der Waals surface area contributed by atoms with E-state index in [0.29, 0.717) is 12.5 Å². The fourth-order valence-electron chi connectivity index (χ4n) is 2.49. The smallest absolute Gasteiger partial charge is 0.204 e. The number of ether oxygens (including phenoxy) is 2. The maximum Gasteiger partial charge on any atom is 0.204 e. The summed E-state index contributed by atoms with van der Waals surface area (Å²) in [6, 6.07) is 2.80. The van der Waals surface area contributed by atoms with Crippen LogP contribution < -0.4 is 9.47 Å². The zero-order valence-corrected chi connectivity index (χ0v) is 11.4. The molecule has 0 radical (unpaired) electrons. The summed E-state index contributed by atoms with van der Waals surface area (Å²) < 4.78 is 37.3. The summed E-state index contributed by atoms with van der Waals surface area (Å²) in [4.78, 5) is 0. The van der Waals surface area contributed by atoms with Gasteiger partial charge in [0.15, 0.2) is 11.5 Å². The third-order valence-corrected chi connectivity index (χ3v) is 3.84. The molecule has 0 spiro atoms. The van der Waals surface area contributed by atoms with Crippen LogP contribution in [0.15, 0.2) is 12.1 Å². The van der Waals surface area contributed by atoms with Gasteiger partial charge >= 0.3 is 0 Å². The first-order chi connectivity index (χ1) is 9.11. The van der Waals surface area contributed by atoms with Crippen molar-refractivity contribution in [2.45, 2.75) is 32.6 Å². The molecule has 0 amide bonds. The number of rotatable bonds is 4. The van der Waals surface area contributed by atoms with Gasteiger partial charge in [0.05, 0.1) is 13.7 Å². The largest absolute Gasteiger partial charge is 0.494 e. The fourth-order valence-corrected chi connectivity index (χ4v) is 2.49. The summed E-state index contributed by atoms with van der Waals surface area (Å²) in [5, 5.41) is 0. The molecule has 0 atom stereocenters. The highest BCUT2D eigenvalue weighted by Crippen LogP contribution is 2.31. The molecule has 2 rings (SSSR count). The van der Waals surface area contributed by atoms with E-state index in [1.54, 1.807) is 0 Å². The molecule has 0 saturated heterocycles. The van der Waals surface area contributed by atoms with Crippen LogP contribution in [0, 0.1) is 23.5 Å². The Bertz CT molecular complexity index is 426. The first-order valence-corrected chi connectivity index (χ1v) is 6.76. The molecule has 0 aromatic heterocycles. The van der Waals surface area contributed by atoms with E-state index in [1.807, 2.05) is 0 Å². The Kier molecular flexibility index (Phi) is 4.61. The van der Waals surface area contributed by atoms with Crippen molar-refractivity contribution < 1.29 is 18.3 Å². The molecule has 0 bridgehead atoms. The lowest BCUT2D eigenvalue weighted by atomic mass is 9.83. The molecule has 1 aliphatic carbocycles. The van der Waals surface area contributed by atoms with E-state index in [0.717, 1.165) is 18.8 Å².